The normalized spacial score (nSPS) is 19.1. The van der Waals surface area contributed by atoms with Crippen molar-refractivity contribution < 1.29 is 9.84 Å². The van der Waals surface area contributed by atoms with Crippen LogP contribution >= 0.6 is 35.6 Å². The van der Waals surface area contributed by atoms with Gasteiger partial charge in [0.25, 0.3) is 0 Å². The van der Waals surface area contributed by atoms with Gasteiger partial charge in [-0.25, -0.2) is 0 Å². The van der Waals surface area contributed by atoms with Crippen LogP contribution in [0, 0.1) is 5.92 Å². The van der Waals surface area contributed by atoms with Gasteiger partial charge in [-0.15, -0.1) is 24.0 Å². The zero-order valence-electron chi connectivity index (χ0n) is 15.9. The Bertz CT molecular complexity index is 621. The van der Waals surface area contributed by atoms with Crippen LogP contribution in [0.3, 0.4) is 0 Å². The summed E-state index contributed by atoms with van der Waals surface area (Å²) >= 11 is 6.14. The summed E-state index contributed by atoms with van der Waals surface area (Å²) in [6.45, 7) is 5.11. The van der Waals surface area contributed by atoms with E-state index in [4.69, 9.17) is 21.3 Å². The van der Waals surface area contributed by atoms with Crippen molar-refractivity contribution in [1.29, 1.82) is 0 Å². The lowest BCUT2D eigenvalue weighted by Gasteiger charge is -2.18. The van der Waals surface area contributed by atoms with Gasteiger partial charge in [0.15, 0.2) is 5.96 Å². The molecule has 27 heavy (non-hydrogen) atoms. The summed E-state index contributed by atoms with van der Waals surface area (Å²) < 4.78 is 5.54. The van der Waals surface area contributed by atoms with Gasteiger partial charge in [0, 0.05) is 30.1 Å². The van der Waals surface area contributed by atoms with Crippen LogP contribution in [0.1, 0.15) is 38.2 Å². The standard InChI is InChI=1S/C20H30ClN3O2.HI/c1-2-22-19(23-11-18(25)13-26-12-15-6-7-15)24-14-20(8-9-20)16-4-3-5-17(21)10-16;/h3-5,10,15,18,25H,2,6-9,11-14H2,1H3,(H2,22,23,24);1H. The lowest BCUT2D eigenvalue weighted by Crippen LogP contribution is -2.42. The third-order valence-electron chi connectivity index (χ3n) is 5.04. The number of aliphatic imine (C=N–C) groups is 1. The van der Waals surface area contributed by atoms with Gasteiger partial charge in [0.1, 0.15) is 0 Å². The van der Waals surface area contributed by atoms with Gasteiger partial charge in [-0.2, -0.15) is 0 Å². The Morgan fingerprint density at radius 3 is 2.78 bits per heavy atom. The van der Waals surface area contributed by atoms with Crippen molar-refractivity contribution in [2.24, 2.45) is 10.9 Å². The number of hydrogen-bond acceptors (Lipinski definition) is 3. The maximum Gasteiger partial charge on any atom is 0.191 e. The molecule has 1 atom stereocenters. The molecule has 2 aliphatic carbocycles. The predicted octanol–water partition coefficient (Wildman–Crippen LogP) is 3.33. The fraction of sp³-hybridized carbons (Fsp3) is 0.650. The molecule has 152 valence electrons. The van der Waals surface area contributed by atoms with Crippen molar-refractivity contribution in [2.45, 2.75) is 44.1 Å². The molecule has 2 saturated carbocycles. The summed E-state index contributed by atoms with van der Waals surface area (Å²) in [6.07, 6.45) is 4.27. The third kappa shape index (κ3) is 7.40. The van der Waals surface area contributed by atoms with E-state index in [0.29, 0.717) is 13.2 Å². The van der Waals surface area contributed by atoms with Gasteiger partial charge in [-0.1, -0.05) is 23.7 Å². The Morgan fingerprint density at radius 2 is 2.15 bits per heavy atom. The average Bonchev–Trinajstić information content (AvgIpc) is 3.53. The fourth-order valence-electron chi connectivity index (χ4n) is 3.01. The summed E-state index contributed by atoms with van der Waals surface area (Å²) in [5.74, 6) is 1.46. The minimum atomic E-state index is -0.527. The van der Waals surface area contributed by atoms with Crippen LogP contribution in [0.4, 0.5) is 0 Å². The molecule has 0 saturated heterocycles. The van der Waals surface area contributed by atoms with Gasteiger partial charge in [-0.3, -0.25) is 4.99 Å². The Kier molecular flexibility index (Phi) is 9.11. The number of benzene rings is 1. The molecule has 0 amide bonds. The number of rotatable bonds is 10. The number of aliphatic hydroxyl groups excluding tert-OH is 1. The third-order valence-corrected chi connectivity index (χ3v) is 5.28. The Hall–Kier alpha value is -0.570. The van der Waals surface area contributed by atoms with E-state index in [1.54, 1.807) is 0 Å². The van der Waals surface area contributed by atoms with Crippen molar-refractivity contribution in [3.63, 3.8) is 0 Å². The van der Waals surface area contributed by atoms with Gasteiger partial charge in [0.2, 0.25) is 0 Å². The molecule has 0 aromatic heterocycles. The second-order valence-electron chi connectivity index (χ2n) is 7.50. The summed E-state index contributed by atoms with van der Waals surface area (Å²) in [4.78, 5) is 4.74. The number of nitrogens with one attached hydrogen (secondary N) is 2. The minimum absolute atomic E-state index is 0. The molecule has 5 nitrogen and oxygen atoms in total. The van der Waals surface area contributed by atoms with Gasteiger partial charge in [-0.05, 0) is 56.2 Å². The molecule has 0 heterocycles. The predicted molar refractivity (Wildman–Crippen MR) is 121 cm³/mol. The van der Waals surface area contributed by atoms with E-state index in [-0.39, 0.29) is 29.4 Å². The highest BCUT2D eigenvalue weighted by Gasteiger charge is 2.44. The molecule has 3 N–H and O–H groups in total. The molecule has 3 rings (SSSR count). The van der Waals surface area contributed by atoms with Gasteiger partial charge >= 0.3 is 0 Å². The van der Waals surface area contributed by atoms with Crippen LogP contribution in [-0.2, 0) is 10.2 Å². The lowest BCUT2D eigenvalue weighted by atomic mass is 9.96. The number of aliphatic hydroxyl groups is 1. The number of halogens is 2. The first-order valence-corrected chi connectivity index (χ1v) is 10.0. The Morgan fingerprint density at radius 1 is 1.37 bits per heavy atom. The fourth-order valence-corrected chi connectivity index (χ4v) is 3.20. The molecule has 1 aromatic carbocycles. The molecule has 1 aromatic rings. The van der Waals surface area contributed by atoms with E-state index in [2.05, 4.69) is 16.7 Å². The first-order valence-electron chi connectivity index (χ1n) is 9.65. The molecular weight excluding hydrogens is 477 g/mol. The Labute approximate surface area is 184 Å². The van der Waals surface area contributed by atoms with E-state index >= 15 is 0 Å². The first kappa shape index (κ1) is 22.7. The SMILES string of the molecule is CCNC(=NCC1(c2cccc(Cl)c2)CC1)NCC(O)COCC1CC1.I. The maximum atomic E-state index is 10.1. The number of hydrogen-bond donors (Lipinski definition) is 3. The largest absolute Gasteiger partial charge is 0.389 e. The van der Waals surface area contributed by atoms with E-state index in [9.17, 15) is 5.11 Å². The van der Waals surface area contributed by atoms with Crippen LogP contribution in [0.5, 0.6) is 0 Å². The van der Waals surface area contributed by atoms with Gasteiger partial charge < -0.3 is 20.5 Å². The van der Waals surface area contributed by atoms with Crippen LogP contribution in [-0.4, -0.2) is 50.0 Å². The quantitative estimate of drug-likeness (QED) is 0.258. The highest BCUT2D eigenvalue weighted by molar-refractivity contribution is 14.0. The molecule has 2 aliphatic rings. The van der Waals surface area contributed by atoms with E-state index < -0.39 is 6.10 Å². The highest BCUT2D eigenvalue weighted by atomic mass is 127. The number of guanidine groups is 1. The zero-order valence-corrected chi connectivity index (χ0v) is 19.0. The second kappa shape index (κ2) is 10.8. The molecule has 0 bridgehead atoms. The van der Waals surface area contributed by atoms with Crippen molar-refractivity contribution in [2.75, 3.05) is 32.8 Å². The topological polar surface area (TPSA) is 65.9 Å². The molecular formula is C20H31ClIN3O2. The smallest absolute Gasteiger partial charge is 0.191 e. The van der Waals surface area contributed by atoms with Crippen LogP contribution in [0.25, 0.3) is 0 Å². The summed E-state index contributed by atoms with van der Waals surface area (Å²) in [6, 6.07) is 8.09. The van der Waals surface area contributed by atoms with Crippen LogP contribution in [0.15, 0.2) is 29.3 Å². The minimum Gasteiger partial charge on any atom is -0.389 e. The molecule has 2 fully saturated rings. The van der Waals surface area contributed by atoms with Crippen LogP contribution in [0.2, 0.25) is 5.02 Å². The van der Waals surface area contributed by atoms with Crippen molar-refractivity contribution in [1.82, 2.24) is 10.6 Å². The van der Waals surface area contributed by atoms with Crippen molar-refractivity contribution >= 4 is 41.5 Å². The van der Waals surface area contributed by atoms with Gasteiger partial charge in [0.05, 0.1) is 19.3 Å². The highest BCUT2D eigenvalue weighted by Crippen LogP contribution is 2.48. The maximum absolute atomic E-state index is 10.1. The van der Waals surface area contributed by atoms with E-state index in [1.165, 1.54) is 18.4 Å². The monoisotopic (exact) mass is 507 g/mol. The summed E-state index contributed by atoms with van der Waals surface area (Å²) in [5.41, 5.74) is 1.37. The van der Waals surface area contributed by atoms with Crippen molar-refractivity contribution in [3.05, 3.63) is 34.9 Å². The number of nitrogens with zero attached hydrogens (tertiary/aromatic N) is 1. The molecule has 1 unspecified atom stereocenters. The van der Waals surface area contributed by atoms with E-state index in [0.717, 1.165) is 49.4 Å². The van der Waals surface area contributed by atoms with Crippen molar-refractivity contribution in [3.8, 4) is 0 Å². The first-order chi connectivity index (χ1) is 12.6. The van der Waals surface area contributed by atoms with Crippen LogP contribution < -0.4 is 10.6 Å². The Balaban J connectivity index is 0.00000261. The average molecular weight is 508 g/mol. The second-order valence-corrected chi connectivity index (χ2v) is 7.94. The summed E-state index contributed by atoms with van der Waals surface area (Å²) in [5, 5.41) is 17.3. The molecule has 0 spiro atoms. The summed E-state index contributed by atoms with van der Waals surface area (Å²) in [7, 11) is 0. The van der Waals surface area contributed by atoms with E-state index in [1.807, 2.05) is 25.1 Å². The molecule has 0 radical (unpaired) electrons. The molecule has 7 heteroatoms. The number of ether oxygens (including phenoxy) is 1. The lowest BCUT2D eigenvalue weighted by molar-refractivity contribution is 0.0345. The zero-order chi connectivity index (χ0) is 18.4. The molecule has 0 aliphatic heterocycles.